The van der Waals surface area contributed by atoms with Crippen LogP contribution in [0, 0.1) is 6.92 Å². The van der Waals surface area contributed by atoms with Gasteiger partial charge in [-0.15, -0.1) is 10.2 Å². The predicted molar refractivity (Wildman–Crippen MR) is 93.5 cm³/mol. The minimum absolute atomic E-state index is 0.236. The zero-order valence-electron chi connectivity index (χ0n) is 14.6. The Morgan fingerprint density at radius 3 is 2.44 bits per heavy atom. The molecule has 0 bridgehead atoms. The minimum atomic E-state index is -0.731. The Morgan fingerprint density at radius 2 is 1.74 bits per heavy atom. The minimum Gasteiger partial charge on any atom is -0.497 e. The van der Waals surface area contributed by atoms with Crippen molar-refractivity contribution in [2.24, 2.45) is 0 Å². The third-order valence-corrected chi connectivity index (χ3v) is 3.75. The summed E-state index contributed by atoms with van der Waals surface area (Å²) < 4.78 is 11.6. The summed E-state index contributed by atoms with van der Waals surface area (Å²) in [5.41, 5.74) is 1.11. The maximum Gasteiger partial charge on any atom is 0.340 e. The first-order valence-corrected chi connectivity index (χ1v) is 7.94. The number of aromatic nitrogens is 3. The van der Waals surface area contributed by atoms with Crippen LogP contribution in [0.15, 0.2) is 42.6 Å². The number of carbonyl (C=O) groups excluding carboxylic acids is 3. The molecule has 138 valence electrons. The molecule has 9 heteroatoms. The zero-order valence-corrected chi connectivity index (χ0v) is 14.6. The van der Waals surface area contributed by atoms with Gasteiger partial charge in [0.2, 0.25) is 0 Å². The van der Waals surface area contributed by atoms with Crippen molar-refractivity contribution in [3.63, 3.8) is 0 Å². The van der Waals surface area contributed by atoms with Crippen LogP contribution in [0.2, 0.25) is 0 Å². The molecule has 2 heterocycles. The van der Waals surface area contributed by atoms with Crippen molar-refractivity contribution in [3.05, 3.63) is 59.5 Å². The Balaban J connectivity index is 1.56. The van der Waals surface area contributed by atoms with E-state index in [2.05, 4.69) is 15.5 Å². The maximum absolute atomic E-state index is 12.1. The van der Waals surface area contributed by atoms with E-state index in [0.717, 1.165) is 0 Å². The summed E-state index contributed by atoms with van der Waals surface area (Å²) in [5.74, 6) is -0.822. The average Bonchev–Trinajstić information content (AvgIpc) is 3.06. The van der Waals surface area contributed by atoms with Gasteiger partial charge in [0.15, 0.2) is 12.3 Å². The van der Waals surface area contributed by atoms with Crippen LogP contribution in [0.4, 0.5) is 0 Å². The molecule has 2 aromatic heterocycles. The van der Waals surface area contributed by atoms with Crippen LogP contribution in [0.5, 0.6) is 5.75 Å². The average molecular weight is 368 g/mol. The number of esters is 1. The molecule has 0 saturated carbocycles. The van der Waals surface area contributed by atoms with E-state index in [0.29, 0.717) is 17.2 Å². The summed E-state index contributed by atoms with van der Waals surface area (Å²) in [5, 5.41) is 9.96. The van der Waals surface area contributed by atoms with Crippen LogP contribution in [-0.4, -0.2) is 46.1 Å². The van der Waals surface area contributed by atoms with Crippen molar-refractivity contribution in [1.29, 1.82) is 0 Å². The van der Waals surface area contributed by atoms with Crippen molar-refractivity contribution in [1.82, 2.24) is 19.9 Å². The molecular weight excluding hydrogens is 352 g/mol. The molecule has 1 aromatic carbocycles. The van der Waals surface area contributed by atoms with E-state index in [1.54, 1.807) is 29.5 Å². The highest BCUT2D eigenvalue weighted by Crippen LogP contribution is 2.11. The number of carbonyl (C=O) groups is 3. The number of fused-ring (bicyclic) bond motifs is 1. The second-order valence-corrected chi connectivity index (χ2v) is 5.58. The van der Waals surface area contributed by atoms with Gasteiger partial charge < -0.3 is 9.47 Å². The molecule has 0 aliphatic heterocycles. The molecule has 0 radical (unpaired) electrons. The van der Waals surface area contributed by atoms with Crippen LogP contribution >= 0.6 is 0 Å². The number of aryl methyl sites for hydroxylation is 1. The first-order chi connectivity index (χ1) is 13.0. The van der Waals surface area contributed by atoms with Crippen LogP contribution < -0.4 is 10.1 Å². The third kappa shape index (κ3) is 4.09. The number of ether oxygens (including phenoxy) is 2. The van der Waals surface area contributed by atoms with Crippen LogP contribution in [0.25, 0.3) is 5.65 Å². The van der Waals surface area contributed by atoms with Gasteiger partial charge in [-0.05, 0) is 43.3 Å². The van der Waals surface area contributed by atoms with Gasteiger partial charge in [-0.25, -0.2) is 4.79 Å². The normalized spacial score (nSPS) is 10.4. The highest BCUT2D eigenvalue weighted by molar-refractivity contribution is 6.05. The van der Waals surface area contributed by atoms with Crippen molar-refractivity contribution in [2.75, 3.05) is 13.7 Å². The van der Waals surface area contributed by atoms with E-state index >= 15 is 0 Å². The Labute approximate surface area is 153 Å². The molecular formula is C18H16N4O5. The van der Waals surface area contributed by atoms with Crippen molar-refractivity contribution in [2.45, 2.75) is 6.92 Å². The molecule has 3 aromatic rings. The number of methoxy groups -OCH3 is 1. The Morgan fingerprint density at radius 1 is 1.04 bits per heavy atom. The molecule has 0 fully saturated rings. The number of benzene rings is 1. The lowest BCUT2D eigenvalue weighted by atomic mass is 10.2. The summed E-state index contributed by atoms with van der Waals surface area (Å²) >= 11 is 0. The van der Waals surface area contributed by atoms with Gasteiger partial charge in [-0.2, -0.15) is 0 Å². The number of amides is 2. The number of nitrogens with one attached hydrogen (secondary N) is 1. The second kappa shape index (κ2) is 7.65. The van der Waals surface area contributed by atoms with Crippen LogP contribution in [0.1, 0.15) is 26.5 Å². The number of imide groups is 1. The summed E-state index contributed by atoms with van der Waals surface area (Å²) in [6, 6.07) is 9.37. The van der Waals surface area contributed by atoms with E-state index in [4.69, 9.17) is 9.47 Å². The molecule has 1 N–H and O–H groups in total. The molecule has 2 amide bonds. The fraction of sp³-hybridized carbons (Fsp3) is 0.167. The van der Waals surface area contributed by atoms with E-state index < -0.39 is 24.4 Å². The van der Waals surface area contributed by atoms with Crippen molar-refractivity contribution < 1.29 is 23.9 Å². The van der Waals surface area contributed by atoms with E-state index in [1.807, 2.05) is 0 Å². The number of nitrogens with zero attached hydrogens (tertiary/aromatic N) is 3. The van der Waals surface area contributed by atoms with Crippen LogP contribution in [-0.2, 0) is 9.53 Å². The molecule has 9 nitrogen and oxygen atoms in total. The molecule has 0 unspecified atom stereocenters. The summed E-state index contributed by atoms with van der Waals surface area (Å²) in [4.78, 5) is 35.9. The zero-order chi connectivity index (χ0) is 19.4. The van der Waals surface area contributed by atoms with Gasteiger partial charge >= 0.3 is 5.97 Å². The highest BCUT2D eigenvalue weighted by atomic mass is 16.5. The number of hydrogen-bond acceptors (Lipinski definition) is 7. The first kappa shape index (κ1) is 18.1. The van der Waals surface area contributed by atoms with E-state index in [9.17, 15) is 14.4 Å². The largest absolute Gasteiger partial charge is 0.497 e. The fourth-order valence-electron chi connectivity index (χ4n) is 2.32. The Bertz CT molecular complexity index is 1010. The number of rotatable bonds is 5. The first-order valence-electron chi connectivity index (χ1n) is 7.94. The molecule has 0 aliphatic rings. The summed E-state index contributed by atoms with van der Waals surface area (Å²) in [6.07, 6.45) is 1.52. The van der Waals surface area contributed by atoms with Gasteiger partial charge in [0.1, 0.15) is 11.6 Å². The Hall–Kier alpha value is -3.75. The van der Waals surface area contributed by atoms with Crippen LogP contribution in [0.3, 0.4) is 0 Å². The molecule has 0 aliphatic carbocycles. The van der Waals surface area contributed by atoms with Crippen molar-refractivity contribution in [3.8, 4) is 5.75 Å². The lowest BCUT2D eigenvalue weighted by Gasteiger charge is -2.07. The second-order valence-electron chi connectivity index (χ2n) is 5.58. The lowest BCUT2D eigenvalue weighted by molar-refractivity contribution is -0.123. The predicted octanol–water partition coefficient (Wildman–Crippen LogP) is 1.16. The quantitative estimate of drug-likeness (QED) is 0.673. The lowest BCUT2D eigenvalue weighted by Crippen LogP contribution is -2.34. The monoisotopic (exact) mass is 368 g/mol. The van der Waals surface area contributed by atoms with Gasteiger partial charge in [0, 0.05) is 11.8 Å². The highest BCUT2D eigenvalue weighted by Gasteiger charge is 2.15. The SMILES string of the molecule is COc1ccc(C(=O)NC(=O)COC(=O)c2ccc3nnc(C)n3c2)cc1. The van der Waals surface area contributed by atoms with Crippen molar-refractivity contribution >= 4 is 23.4 Å². The standard InChI is InChI=1S/C18H16N4O5/c1-11-20-21-15-8-5-13(9-22(11)15)18(25)27-10-16(23)19-17(24)12-3-6-14(26-2)7-4-12/h3-9H,10H2,1-2H3,(H,19,23,24). The topological polar surface area (TPSA) is 112 Å². The molecule has 0 atom stereocenters. The van der Waals surface area contributed by atoms with E-state index in [-0.39, 0.29) is 11.1 Å². The van der Waals surface area contributed by atoms with Gasteiger partial charge in [-0.1, -0.05) is 0 Å². The molecule has 0 spiro atoms. The third-order valence-electron chi connectivity index (χ3n) is 3.75. The molecule has 27 heavy (non-hydrogen) atoms. The Kier molecular flexibility index (Phi) is 5.11. The molecule has 3 rings (SSSR count). The fourth-order valence-corrected chi connectivity index (χ4v) is 2.32. The summed E-state index contributed by atoms with van der Waals surface area (Å²) in [6.45, 7) is 1.16. The van der Waals surface area contributed by atoms with E-state index in [1.165, 1.54) is 31.5 Å². The van der Waals surface area contributed by atoms with Gasteiger partial charge in [0.25, 0.3) is 11.8 Å². The maximum atomic E-state index is 12.1. The summed E-state index contributed by atoms with van der Waals surface area (Å²) in [7, 11) is 1.51. The molecule has 0 saturated heterocycles. The van der Waals surface area contributed by atoms with Gasteiger partial charge in [0.05, 0.1) is 12.7 Å². The smallest absolute Gasteiger partial charge is 0.340 e. The number of pyridine rings is 1. The van der Waals surface area contributed by atoms with Gasteiger partial charge in [-0.3, -0.25) is 19.3 Å². The number of hydrogen-bond donors (Lipinski definition) is 1.